The topological polar surface area (TPSA) is 75.5 Å². The average Bonchev–Trinajstić information content (AvgIpc) is 2.48. The van der Waals surface area contributed by atoms with Crippen LogP contribution < -0.4 is 5.32 Å². The second-order valence-corrected chi connectivity index (χ2v) is 5.31. The van der Waals surface area contributed by atoms with Gasteiger partial charge < -0.3 is 5.32 Å². The molecule has 1 aliphatic rings. The lowest BCUT2D eigenvalue weighted by Crippen LogP contribution is -2.47. The number of alkyl halides is 4. The van der Waals surface area contributed by atoms with E-state index in [1.165, 1.54) is 19.2 Å². The molecule has 6 nitrogen and oxygen atoms in total. The zero-order chi connectivity index (χ0) is 17.4. The first-order valence-corrected chi connectivity index (χ1v) is 7.44. The van der Waals surface area contributed by atoms with E-state index in [1.54, 1.807) is 0 Å². The summed E-state index contributed by atoms with van der Waals surface area (Å²) in [6.45, 7) is 0. The number of hydrogen-bond donors (Lipinski definition) is 1. The first-order chi connectivity index (χ1) is 10.7. The van der Waals surface area contributed by atoms with Gasteiger partial charge in [-0.1, -0.05) is 34.1 Å². The predicted molar refractivity (Wildman–Crippen MR) is 78.3 cm³/mol. The fourth-order valence-corrected chi connectivity index (χ4v) is 3.01. The second kappa shape index (κ2) is 6.19. The lowest BCUT2D eigenvalue weighted by Gasteiger charge is -2.31. The Labute approximate surface area is 137 Å². The molecule has 0 bridgehead atoms. The standard InChI is InChI=1S/C13H11BrF3N3O3/c1-19-9(6-14)11(20(22)23)10(18-12(19)21)7-4-2-3-5-8(7)13(15,16)17/h2-5,10H,6H2,1H3,(H,18,21). The molecule has 0 fully saturated rings. The Morgan fingerprint density at radius 2 is 2.00 bits per heavy atom. The molecule has 0 spiro atoms. The van der Waals surface area contributed by atoms with Gasteiger partial charge in [0, 0.05) is 7.05 Å². The lowest BCUT2D eigenvalue weighted by atomic mass is 9.95. The van der Waals surface area contributed by atoms with Gasteiger partial charge in [0.05, 0.1) is 15.8 Å². The molecule has 1 aliphatic heterocycles. The van der Waals surface area contributed by atoms with Gasteiger partial charge in [-0.25, -0.2) is 4.79 Å². The summed E-state index contributed by atoms with van der Waals surface area (Å²) in [4.78, 5) is 23.5. The van der Waals surface area contributed by atoms with E-state index in [-0.39, 0.29) is 16.6 Å². The fourth-order valence-electron chi connectivity index (χ4n) is 2.35. The highest BCUT2D eigenvalue weighted by molar-refractivity contribution is 9.09. The minimum atomic E-state index is -4.69. The van der Waals surface area contributed by atoms with Crippen LogP contribution >= 0.6 is 15.9 Å². The van der Waals surface area contributed by atoms with Crippen LogP contribution in [0.4, 0.5) is 18.0 Å². The Morgan fingerprint density at radius 3 is 2.52 bits per heavy atom. The SMILES string of the molecule is CN1C(=O)NC(c2ccccc2C(F)(F)F)C([N+](=O)[O-])=C1CBr. The summed E-state index contributed by atoms with van der Waals surface area (Å²) in [5.74, 6) is 0. The monoisotopic (exact) mass is 393 g/mol. The molecule has 0 radical (unpaired) electrons. The van der Waals surface area contributed by atoms with Crippen molar-refractivity contribution in [1.82, 2.24) is 10.2 Å². The third-order valence-corrected chi connectivity index (χ3v) is 3.98. The maximum Gasteiger partial charge on any atom is 0.416 e. The Balaban J connectivity index is 2.69. The molecular weight excluding hydrogens is 383 g/mol. The Morgan fingerprint density at radius 1 is 1.39 bits per heavy atom. The molecule has 1 N–H and O–H groups in total. The van der Waals surface area contributed by atoms with Crippen LogP contribution in [-0.4, -0.2) is 28.2 Å². The Bertz CT molecular complexity index is 691. The van der Waals surface area contributed by atoms with Crippen LogP contribution in [0.15, 0.2) is 35.7 Å². The third kappa shape index (κ3) is 3.16. The van der Waals surface area contributed by atoms with Crippen molar-refractivity contribution < 1.29 is 22.9 Å². The second-order valence-electron chi connectivity index (χ2n) is 4.75. The molecule has 0 saturated heterocycles. The van der Waals surface area contributed by atoms with Crippen LogP contribution in [0, 0.1) is 10.1 Å². The molecule has 124 valence electrons. The number of amides is 2. The highest BCUT2D eigenvalue weighted by Gasteiger charge is 2.43. The molecule has 0 aromatic heterocycles. The summed E-state index contributed by atoms with van der Waals surface area (Å²) >= 11 is 3.04. The van der Waals surface area contributed by atoms with E-state index in [2.05, 4.69) is 21.2 Å². The molecule has 1 aromatic carbocycles. The van der Waals surface area contributed by atoms with Gasteiger partial charge in [0.1, 0.15) is 11.7 Å². The number of halogens is 4. The summed E-state index contributed by atoms with van der Waals surface area (Å²) in [7, 11) is 1.31. The van der Waals surface area contributed by atoms with Crippen molar-refractivity contribution in [1.29, 1.82) is 0 Å². The molecule has 2 rings (SSSR count). The maximum atomic E-state index is 13.2. The Kier molecular flexibility index (Phi) is 4.64. The van der Waals surface area contributed by atoms with Gasteiger partial charge in [-0.3, -0.25) is 15.0 Å². The summed E-state index contributed by atoms with van der Waals surface area (Å²) in [6.07, 6.45) is -4.69. The van der Waals surface area contributed by atoms with Gasteiger partial charge in [-0.05, 0) is 11.6 Å². The summed E-state index contributed by atoms with van der Waals surface area (Å²) in [5, 5.41) is 13.6. The summed E-state index contributed by atoms with van der Waals surface area (Å²) < 4.78 is 39.5. The minimum absolute atomic E-state index is 0.000674. The fraction of sp³-hybridized carbons (Fsp3) is 0.308. The largest absolute Gasteiger partial charge is 0.416 e. The predicted octanol–water partition coefficient (Wildman–Crippen LogP) is 3.28. The lowest BCUT2D eigenvalue weighted by molar-refractivity contribution is -0.433. The number of carbonyl (C=O) groups is 1. The highest BCUT2D eigenvalue weighted by atomic mass is 79.9. The molecule has 1 atom stereocenters. The van der Waals surface area contributed by atoms with Crippen LogP contribution in [0.3, 0.4) is 0 Å². The number of benzene rings is 1. The van der Waals surface area contributed by atoms with Crippen LogP contribution in [-0.2, 0) is 6.18 Å². The van der Waals surface area contributed by atoms with E-state index in [0.29, 0.717) is 0 Å². The number of carbonyl (C=O) groups excluding carboxylic acids is 1. The quantitative estimate of drug-likeness (QED) is 0.486. The first-order valence-electron chi connectivity index (χ1n) is 6.32. The molecule has 1 heterocycles. The zero-order valence-corrected chi connectivity index (χ0v) is 13.3. The third-order valence-electron chi connectivity index (χ3n) is 3.45. The number of allylic oxidation sites excluding steroid dienone is 1. The minimum Gasteiger partial charge on any atom is -0.321 e. The molecule has 0 saturated carbocycles. The smallest absolute Gasteiger partial charge is 0.321 e. The van der Waals surface area contributed by atoms with E-state index in [1.807, 2.05) is 0 Å². The normalized spacial score (nSPS) is 18.9. The zero-order valence-electron chi connectivity index (χ0n) is 11.7. The number of nitro groups is 1. The van der Waals surface area contributed by atoms with E-state index in [0.717, 1.165) is 17.0 Å². The van der Waals surface area contributed by atoms with Crippen molar-refractivity contribution in [2.75, 3.05) is 12.4 Å². The molecule has 0 aliphatic carbocycles. The number of urea groups is 1. The highest BCUT2D eigenvalue weighted by Crippen LogP contribution is 2.39. The average molecular weight is 394 g/mol. The molecule has 23 heavy (non-hydrogen) atoms. The van der Waals surface area contributed by atoms with Crippen LogP contribution in [0.25, 0.3) is 0 Å². The van der Waals surface area contributed by atoms with Crippen molar-refractivity contribution in [2.24, 2.45) is 0 Å². The van der Waals surface area contributed by atoms with Crippen LogP contribution in [0.1, 0.15) is 17.2 Å². The van der Waals surface area contributed by atoms with E-state index < -0.39 is 34.4 Å². The van der Waals surface area contributed by atoms with Crippen molar-refractivity contribution in [3.63, 3.8) is 0 Å². The molecule has 1 unspecified atom stereocenters. The van der Waals surface area contributed by atoms with Gasteiger partial charge in [0.15, 0.2) is 0 Å². The van der Waals surface area contributed by atoms with Crippen LogP contribution in [0.2, 0.25) is 0 Å². The molecule has 1 aromatic rings. The maximum absolute atomic E-state index is 13.2. The van der Waals surface area contributed by atoms with Gasteiger partial charge >= 0.3 is 12.2 Å². The number of nitrogens with zero attached hydrogens (tertiary/aromatic N) is 2. The van der Waals surface area contributed by atoms with E-state index in [4.69, 9.17) is 0 Å². The first kappa shape index (κ1) is 17.3. The van der Waals surface area contributed by atoms with E-state index >= 15 is 0 Å². The van der Waals surface area contributed by atoms with Gasteiger partial charge in [-0.15, -0.1) is 0 Å². The Hall–Kier alpha value is -2.10. The van der Waals surface area contributed by atoms with Gasteiger partial charge in [0.25, 0.3) is 5.70 Å². The van der Waals surface area contributed by atoms with Gasteiger partial charge in [0.2, 0.25) is 0 Å². The number of hydrogen-bond acceptors (Lipinski definition) is 3. The summed E-state index contributed by atoms with van der Waals surface area (Å²) in [6, 6.07) is 2.26. The van der Waals surface area contributed by atoms with Crippen molar-refractivity contribution in [3.8, 4) is 0 Å². The van der Waals surface area contributed by atoms with E-state index in [9.17, 15) is 28.1 Å². The number of nitrogens with one attached hydrogen (secondary N) is 1. The van der Waals surface area contributed by atoms with Gasteiger partial charge in [-0.2, -0.15) is 13.2 Å². The molecular formula is C13H11BrF3N3O3. The molecule has 2 amide bonds. The summed E-state index contributed by atoms with van der Waals surface area (Å²) in [5.41, 5.74) is -1.89. The van der Waals surface area contributed by atoms with Crippen molar-refractivity contribution >= 4 is 22.0 Å². The number of rotatable bonds is 3. The molecule has 10 heteroatoms. The van der Waals surface area contributed by atoms with Crippen molar-refractivity contribution in [3.05, 3.63) is 56.9 Å². The van der Waals surface area contributed by atoms with Crippen molar-refractivity contribution in [2.45, 2.75) is 12.2 Å². The van der Waals surface area contributed by atoms with Crippen LogP contribution in [0.5, 0.6) is 0 Å².